The lowest BCUT2D eigenvalue weighted by Crippen LogP contribution is -2.41. The molecule has 0 bridgehead atoms. The van der Waals surface area contributed by atoms with Crippen LogP contribution in [0.3, 0.4) is 0 Å². The fourth-order valence-corrected chi connectivity index (χ4v) is 4.79. The van der Waals surface area contributed by atoms with Gasteiger partial charge in [0.1, 0.15) is 5.52 Å². The number of carbonyl (C=O) groups excluding carboxylic acids is 2. The molecule has 0 saturated carbocycles. The maximum Gasteiger partial charge on any atom is 0.298 e. The lowest BCUT2D eigenvalue weighted by Gasteiger charge is -2.30. The smallest absolute Gasteiger partial charge is 0.298 e. The molecule has 1 saturated heterocycles. The maximum absolute atomic E-state index is 12.6. The number of benzene rings is 2. The Morgan fingerprint density at radius 1 is 1.00 bits per heavy atom. The molecule has 2 aromatic carbocycles. The van der Waals surface area contributed by atoms with Crippen LogP contribution < -0.4 is 10.2 Å². The standard InChI is InChI=1S/C26H30N4O3/c31-24(30-17-11-19-6-1-2-7-21(19)18-30)10-5-14-27-25(32)20-12-15-29(16-13-20)26-28-22-8-3-4-9-23(22)33-26/h1-4,6-9,20H,5,10-18H2,(H,27,32). The van der Waals surface area contributed by atoms with E-state index in [1.807, 2.05) is 35.2 Å². The van der Waals surface area contributed by atoms with Crippen LogP contribution in [0.4, 0.5) is 6.01 Å². The summed E-state index contributed by atoms with van der Waals surface area (Å²) in [6, 6.07) is 16.7. The van der Waals surface area contributed by atoms with Gasteiger partial charge in [-0.1, -0.05) is 36.4 Å². The normalized spacial score (nSPS) is 16.6. The number of hydrogen-bond acceptors (Lipinski definition) is 5. The molecule has 2 aliphatic rings. The summed E-state index contributed by atoms with van der Waals surface area (Å²) in [5.74, 6) is 0.261. The average Bonchev–Trinajstić information content (AvgIpc) is 3.30. The zero-order valence-corrected chi connectivity index (χ0v) is 18.8. The summed E-state index contributed by atoms with van der Waals surface area (Å²) in [4.78, 5) is 33.8. The lowest BCUT2D eigenvalue weighted by molar-refractivity contribution is -0.132. The Morgan fingerprint density at radius 3 is 2.58 bits per heavy atom. The SMILES string of the molecule is O=C(NCCCC(=O)N1CCc2ccccc2C1)C1CCN(c2nc3ccccc3o2)CC1. The number of nitrogens with zero attached hydrogens (tertiary/aromatic N) is 3. The first-order chi connectivity index (χ1) is 16.2. The molecular formula is C26H30N4O3. The van der Waals surface area contributed by atoms with Crippen LogP contribution >= 0.6 is 0 Å². The largest absolute Gasteiger partial charge is 0.423 e. The highest BCUT2D eigenvalue weighted by atomic mass is 16.4. The first-order valence-electron chi connectivity index (χ1n) is 11.9. The highest BCUT2D eigenvalue weighted by Gasteiger charge is 2.27. The van der Waals surface area contributed by atoms with Gasteiger partial charge in [0.2, 0.25) is 11.8 Å². The maximum atomic E-state index is 12.6. The number of rotatable bonds is 6. The highest BCUT2D eigenvalue weighted by molar-refractivity contribution is 5.79. The van der Waals surface area contributed by atoms with E-state index in [-0.39, 0.29) is 17.7 Å². The van der Waals surface area contributed by atoms with E-state index in [0.717, 1.165) is 50.0 Å². The molecule has 2 amide bonds. The number of para-hydroxylation sites is 2. The van der Waals surface area contributed by atoms with Gasteiger partial charge in [0.05, 0.1) is 0 Å². The van der Waals surface area contributed by atoms with E-state index < -0.39 is 0 Å². The number of aromatic nitrogens is 1. The van der Waals surface area contributed by atoms with Gasteiger partial charge in [0, 0.05) is 45.1 Å². The lowest BCUT2D eigenvalue weighted by atomic mass is 9.96. The summed E-state index contributed by atoms with van der Waals surface area (Å²) in [6.45, 7) is 3.51. The second-order valence-corrected chi connectivity index (χ2v) is 8.95. The van der Waals surface area contributed by atoms with Crippen molar-refractivity contribution in [2.24, 2.45) is 5.92 Å². The predicted molar refractivity (Wildman–Crippen MR) is 127 cm³/mol. The van der Waals surface area contributed by atoms with Gasteiger partial charge in [0.25, 0.3) is 6.01 Å². The summed E-state index contributed by atoms with van der Waals surface area (Å²) in [5, 5.41) is 3.04. The van der Waals surface area contributed by atoms with Crippen molar-refractivity contribution >= 4 is 28.9 Å². The number of piperidine rings is 1. The van der Waals surface area contributed by atoms with E-state index in [4.69, 9.17) is 4.42 Å². The van der Waals surface area contributed by atoms with Crippen LogP contribution in [-0.4, -0.2) is 47.9 Å². The Hall–Kier alpha value is -3.35. The van der Waals surface area contributed by atoms with Gasteiger partial charge in [0.15, 0.2) is 5.58 Å². The molecule has 7 heteroatoms. The van der Waals surface area contributed by atoms with Gasteiger partial charge in [-0.2, -0.15) is 4.98 Å². The fraction of sp³-hybridized carbons (Fsp3) is 0.423. The van der Waals surface area contributed by atoms with Crippen molar-refractivity contribution in [2.75, 3.05) is 31.1 Å². The molecule has 0 unspecified atom stereocenters. The van der Waals surface area contributed by atoms with Crippen molar-refractivity contribution in [2.45, 2.75) is 38.6 Å². The third-order valence-corrected chi connectivity index (χ3v) is 6.77. The third-order valence-electron chi connectivity index (χ3n) is 6.77. The summed E-state index contributed by atoms with van der Waals surface area (Å²) in [7, 11) is 0. The topological polar surface area (TPSA) is 78.7 Å². The van der Waals surface area contributed by atoms with Crippen molar-refractivity contribution in [3.8, 4) is 0 Å². The molecule has 1 fully saturated rings. The molecule has 0 radical (unpaired) electrons. The molecule has 33 heavy (non-hydrogen) atoms. The van der Waals surface area contributed by atoms with E-state index in [9.17, 15) is 9.59 Å². The molecule has 0 spiro atoms. The summed E-state index contributed by atoms with van der Waals surface area (Å²) < 4.78 is 5.85. The number of hydrogen-bond donors (Lipinski definition) is 1. The van der Waals surface area contributed by atoms with Crippen LogP contribution in [0.1, 0.15) is 36.8 Å². The zero-order chi connectivity index (χ0) is 22.6. The van der Waals surface area contributed by atoms with Crippen LogP contribution in [0.5, 0.6) is 0 Å². The van der Waals surface area contributed by atoms with Crippen LogP contribution in [0.25, 0.3) is 11.1 Å². The first kappa shape index (κ1) is 21.5. The van der Waals surface area contributed by atoms with Crippen molar-refractivity contribution < 1.29 is 14.0 Å². The number of carbonyl (C=O) groups is 2. The monoisotopic (exact) mass is 446 g/mol. The molecule has 5 rings (SSSR count). The molecule has 1 N–H and O–H groups in total. The second kappa shape index (κ2) is 9.65. The Morgan fingerprint density at radius 2 is 1.76 bits per heavy atom. The minimum absolute atomic E-state index is 0.0000685. The Labute approximate surface area is 193 Å². The van der Waals surface area contributed by atoms with Crippen LogP contribution in [0.2, 0.25) is 0 Å². The van der Waals surface area contributed by atoms with Gasteiger partial charge < -0.3 is 19.5 Å². The van der Waals surface area contributed by atoms with E-state index >= 15 is 0 Å². The summed E-state index contributed by atoms with van der Waals surface area (Å²) in [5.41, 5.74) is 4.23. The molecule has 0 atom stereocenters. The number of oxazole rings is 1. The molecular weight excluding hydrogens is 416 g/mol. The minimum atomic E-state index is -0.0000685. The second-order valence-electron chi connectivity index (χ2n) is 8.95. The Kier molecular flexibility index (Phi) is 6.28. The van der Waals surface area contributed by atoms with Crippen LogP contribution in [-0.2, 0) is 22.6 Å². The molecule has 3 heterocycles. The number of amides is 2. The van der Waals surface area contributed by atoms with Crippen LogP contribution in [0.15, 0.2) is 52.9 Å². The Balaban J connectivity index is 1.02. The molecule has 7 nitrogen and oxygen atoms in total. The molecule has 0 aliphatic carbocycles. The van der Waals surface area contributed by atoms with Gasteiger partial charge in [-0.3, -0.25) is 9.59 Å². The fourth-order valence-electron chi connectivity index (χ4n) is 4.79. The minimum Gasteiger partial charge on any atom is -0.423 e. The van der Waals surface area contributed by atoms with E-state index in [1.54, 1.807) is 0 Å². The van der Waals surface area contributed by atoms with E-state index in [1.165, 1.54) is 11.1 Å². The average molecular weight is 447 g/mol. The summed E-state index contributed by atoms with van der Waals surface area (Å²) in [6.07, 6.45) is 3.61. The molecule has 3 aromatic rings. The Bertz CT molecular complexity index is 1100. The van der Waals surface area contributed by atoms with Gasteiger partial charge in [-0.05, 0) is 48.9 Å². The van der Waals surface area contributed by atoms with E-state index in [2.05, 4.69) is 33.4 Å². The van der Waals surface area contributed by atoms with Crippen molar-refractivity contribution in [3.05, 3.63) is 59.7 Å². The number of anilines is 1. The molecule has 2 aliphatic heterocycles. The predicted octanol–water partition coefficient (Wildman–Crippen LogP) is 3.53. The molecule has 1 aromatic heterocycles. The van der Waals surface area contributed by atoms with Gasteiger partial charge in [-0.15, -0.1) is 0 Å². The number of fused-ring (bicyclic) bond motifs is 2. The summed E-state index contributed by atoms with van der Waals surface area (Å²) >= 11 is 0. The zero-order valence-electron chi connectivity index (χ0n) is 18.8. The quantitative estimate of drug-likeness (QED) is 0.586. The van der Waals surface area contributed by atoms with Gasteiger partial charge in [-0.25, -0.2) is 0 Å². The van der Waals surface area contributed by atoms with Crippen molar-refractivity contribution in [3.63, 3.8) is 0 Å². The van der Waals surface area contributed by atoms with Gasteiger partial charge >= 0.3 is 0 Å². The first-order valence-corrected chi connectivity index (χ1v) is 11.9. The molecule has 172 valence electrons. The van der Waals surface area contributed by atoms with Crippen molar-refractivity contribution in [1.82, 2.24) is 15.2 Å². The van der Waals surface area contributed by atoms with E-state index in [0.29, 0.717) is 31.9 Å². The van der Waals surface area contributed by atoms with Crippen LogP contribution in [0, 0.1) is 5.92 Å². The highest BCUT2D eigenvalue weighted by Crippen LogP contribution is 2.26. The van der Waals surface area contributed by atoms with Crippen molar-refractivity contribution in [1.29, 1.82) is 0 Å². The number of nitrogens with one attached hydrogen (secondary N) is 1. The third kappa shape index (κ3) is 4.87.